The third kappa shape index (κ3) is 6.03. The minimum absolute atomic E-state index is 0.0127. The highest BCUT2D eigenvalue weighted by Crippen LogP contribution is 2.17. The molecule has 2 amide bonds. The molecule has 0 radical (unpaired) electrons. The van der Waals surface area contributed by atoms with Crippen molar-refractivity contribution in [1.29, 1.82) is 0 Å². The first-order valence-corrected chi connectivity index (χ1v) is 10.3. The van der Waals surface area contributed by atoms with Crippen LogP contribution in [0.3, 0.4) is 0 Å². The van der Waals surface area contributed by atoms with Gasteiger partial charge >= 0.3 is 5.97 Å². The Bertz CT molecular complexity index is 818. The Kier molecular flexibility index (Phi) is 8.58. The van der Waals surface area contributed by atoms with Crippen LogP contribution in [0.5, 0.6) is 0 Å². The lowest BCUT2D eigenvalue weighted by molar-refractivity contribution is -0.150. The number of primary amides is 1. The molecule has 0 aliphatic carbocycles. The Morgan fingerprint density at radius 1 is 1.18 bits per heavy atom. The topological polar surface area (TPSA) is 136 Å². The molecule has 10 heteroatoms. The number of hydrogen-bond acceptors (Lipinski definition) is 6. The molecule has 0 unspecified atom stereocenters. The van der Waals surface area contributed by atoms with Gasteiger partial charge < -0.3 is 15.8 Å². The van der Waals surface area contributed by atoms with E-state index in [1.54, 1.807) is 27.7 Å². The van der Waals surface area contributed by atoms with Gasteiger partial charge in [0.05, 0.1) is 4.90 Å². The van der Waals surface area contributed by atoms with Crippen LogP contribution in [-0.2, 0) is 24.3 Å². The van der Waals surface area contributed by atoms with E-state index in [-0.39, 0.29) is 16.4 Å². The lowest BCUT2D eigenvalue weighted by Gasteiger charge is -2.21. The number of hydrogen-bond donors (Lipinski definition) is 2. The summed E-state index contributed by atoms with van der Waals surface area (Å²) in [5.74, 6) is -2.57. The van der Waals surface area contributed by atoms with Crippen LogP contribution in [-0.4, -0.2) is 56.2 Å². The Morgan fingerprint density at radius 2 is 1.79 bits per heavy atom. The molecule has 0 aliphatic heterocycles. The van der Waals surface area contributed by atoms with Crippen molar-refractivity contribution in [2.75, 3.05) is 19.7 Å². The summed E-state index contributed by atoms with van der Waals surface area (Å²) in [5, 5.41) is 2.52. The second-order valence-corrected chi connectivity index (χ2v) is 8.32. The second kappa shape index (κ2) is 10.2. The number of benzene rings is 1. The summed E-state index contributed by atoms with van der Waals surface area (Å²) in [4.78, 5) is 35.4. The van der Waals surface area contributed by atoms with Gasteiger partial charge in [-0.1, -0.05) is 33.8 Å². The van der Waals surface area contributed by atoms with E-state index in [4.69, 9.17) is 10.5 Å². The molecular formula is C18H27N3O6S. The fourth-order valence-electron chi connectivity index (χ4n) is 2.46. The van der Waals surface area contributed by atoms with Gasteiger partial charge in [-0.05, 0) is 24.1 Å². The van der Waals surface area contributed by atoms with Gasteiger partial charge in [-0.2, -0.15) is 4.31 Å². The van der Waals surface area contributed by atoms with Crippen LogP contribution >= 0.6 is 0 Å². The van der Waals surface area contributed by atoms with Crippen LogP contribution in [0, 0.1) is 5.92 Å². The lowest BCUT2D eigenvalue weighted by atomic mass is 10.0. The molecule has 0 aliphatic rings. The molecule has 0 fully saturated rings. The molecule has 1 atom stereocenters. The number of esters is 1. The predicted molar refractivity (Wildman–Crippen MR) is 103 cm³/mol. The van der Waals surface area contributed by atoms with Gasteiger partial charge in [0, 0.05) is 18.7 Å². The number of carbonyl (C=O) groups excluding carboxylic acids is 3. The Labute approximate surface area is 165 Å². The van der Waals surface area contributed by atoms with Crippen LogP contribution in [0.4, 0.5) is 0 Å². The van der Waals surface area contributed by atoms with Crippen LogP contribution < -0.4 is 11.1 Å². The zero-order valence-corrected chi connectivity index (χ0v) is 17.3. The molecule has 0 spiro atoms. The molecule has 1 aromatic carbocycles. The van der Waals surface area contributed by atoms with E-state index in [2.05, 4.69) is 5.32 Å². The van der Waals surface area contributed by atoms with Gasteiger partial charge in [-0.25, -0.2) is 13.2 Å². The molecule has 0 heterocycles. The van der Waals surface area contributed by atoms with Crippen molar-refractivity contribution >= 4 is 27.8 Å². The van der Waals surface area contributed by atoms with Gasteiger partial charge in [-0.3, -0.25) is 9.59 Å². The number of ether oxygens (including phenoxy) is 1. The van der Waals surface area contributed by atoms with Crippen LogP contribution in [0.1, 0.15) is 38.1 Å². The van der Waals surface area contributed by atoms with Crippen LogP contribution in [0.2, 0.25) is 0 Å². The highest BCUT2D eigenvalue weighted by molar-refractivity contribution is 7.89. The van der Waals surface area contributed by atoms with E-state index in [0.717, 1.165) is 0 Å². The third-order valence-electron chi connectivity index (χ3n) is 4.00. The number of nitrogens with two attached hydrogens (primary N) is 1. The maximum atomic E-state index is 12.6. The Hall–Kier alpha value is -2.46. The van der Waals surface area contributed by atoms with E-state index >= 15 is 0 Å². The smallest absolute Gasteiger partial charge is 0.329 e. The molecule has 0 bridgehead atoms. The highest BCUT2D eigenvalue weighted by atomic mass is 32.2. The standard InChI is InChI=1S/C18H27N3O6S/c1-5-21(6-2)28(25,26)14-9-7-8-13(10-14)17(23)20-16(12(3)4)18(24)27-11-15(19)22/h7-10,12,16H,5-6,11H2,1-4H3,(H2,19,22)(H,20,23)/t16-/m0/s1. The van der Waals surface area contributed by atoms with Crippen molar-refractivity contribution in [2.24, 2.45) is 11.7 Å². The molecule has 28 heavy (non-hydrogen) atoms. The molecular weight excluding hydrogens is 386 g/mol. The normalized spacial score (nSPS) is 12.6. The molecule has 0 saturated carbocycles. The molecule has 9 nitrogen and oxygen atoms in total. The van der Waals surface area contributed by atoms with Gasteiger partial charge in [0.25, 0.3) is 11.8 Å². The molecule has 3 N–H and O–H groups in total. The average Bonchev–Trinajstić information content (AvgIpc) is 2.64. The van der Waals surface area contributed by atoms with E-state index in [0.29, 0.717) is 13.1 Å². The highest BCUT2D eigenvalue weighted by Gasteiger charge is 2.28. The lowest BCUT2D eigenvalue weighted by Crippen LogP contribution is -2.46. The summed E-state index contributed by atoms with van der Waals surface area (Å²) in [6.45, 7) is 6.85. The molecule has 156 valence electrons. The van der Waals surface area contributed by atoms with Gasteiger partial charge in [0.15, 0.2) is 6.61 Å². The van der Waals surface area contributed by atoms with E-state index in [1.165, 1.54) is 28.6 Å². The number of sulfonamides is 1. The zero-order valence-electron chi connectivity index (χ0n) is 16.5. The minimum atomic E-state index is -3.73. The summed E-state index contributed by atoms with van der Waals surface area (Å²) in [6, 6.07) is 4.56. The largest absolute Gasteiger partial charge is 0.454 e. The fraction of sp³-hybridized carbons (Fsp3) is 0.500. The summed E-state index contributed by atoms with van der Waals surface area (Å²) in [7, 11) is -3.73. The summed E-state index contributed by atoms with van der Waals surface area (Å²) in [5.41, 5.74) is 5.03. The van der Waals surface area contributed by atoms with Crippen molar-refractivity contribution in [2.45, 2.75) is 38.6 Å². The maximum absolute atomic E-state index is 12.6. The van der Waals surface area contributed by atoms with Crippen LogP contribution in [0.15, 0.2) is 29.2 Å². The molecule has 0 aromatic heterocycles. The monoisotopic (exact) mass is 413 g/mol. The summed E-state index contributed by atoms with van der Waals surface area (Å²) >= 11 is 0. The predicted octanol–water partition coefficient (Wildman–Crippen LogP) is 0.500. The number of rotatable bonds is 10. The summed E-state index contributed by atoms with van der Waals surface area (Å²) < 4.78 is 31.3. The first kappa shape index (κ1) is 23.6. The average molecular weight is 413 g/mol. The number of carbonyl (C=O) groups is 3. The molecule has 1 rings (SSSR count). The Morgan fingerprint density at radius 3 is 2.29 bits per heavy atom. The number of nitrogens with one attached hydrogen (secondary N) is 1. The first-order valence-electron chi connectivity index (χ1n) is 8.90. The zero-order chi connectivity index (χ0) is 21.5. The van der Waals surface area contributed by atoms with Crippen LogP contribution in [0.25, 0.3) is 0 Å². The first-order chi connectivity index (χ1) is 13.0. The Balaban J connectivity index is 3.06. The van der Waals surface area contributed by atoms with Gasteiger partial charge in [0.2, 0.25) is 10.0 Å². The minimum Gasteiger partial charge on any atom is -0.454 e. The molecule has 0 saturated heterocycles. The SMILES string of the molecule is CCN(CC)S(=O)(=O)c1cccc(C(=O)N[C@H](C(=O)OCC(N)=O)C(C)C)c1. The number of amides is 2. The van der Waals surface area contributed by atoms with Crippen molar-refractivity contribution in [1.82, 2.24) is 9.62 Å². The van der Waals surface area contributed by atoms with Crippen molar-refractivity contribution in [3.63, 3.8) is 0 Å². The second-order valence-electron chi connectivity index (χ2n) is 6.39. The van der Waals surface area contributed by atoms with Crippen molar-refractivity contribution in [3.8, 4) is 0 Å². The van der Waals surface area contributed by atoms with Crippen molar-refractivity contribution < 1.29 is 27.5 Å². The van der Waals surface area contributed by atoms with Gasteiger partial charge in [-0.15, -0.1) is 0 Å². The van der Waals surface area contributed by atoms with E-state index in [9.17, 15) is 22.8 Å². The third-order valence-corrected chi connectivity index (χ3v) is 6.05. The van der Waals surface area contributed by atoms with Crippen molar-refractivity contribution in [3.05, 3.63) is 29.8 Å². The maximum Gasteiger partial charge on any atom is 0.329 e. The number of nitrogens with zero attached hydrogens (tertiary/aromatic N) is 1. The van der Waals surface area contributed by atoms with E-state index in [1.807, 2.05) is 0 Å². The van der Waals surface area contributed by atoms with E-state index < -0.39 is 40.5 Å². The molecule has 1 aromatic rings. The fourth-order valence-corrected chi connectivity index (χ4v) is 3.97. The quantitative estimate of drug-likeness (QED) is 0.536. The summed E-state index contributed by atoms with van der Waals surface area (Å²) in [6.07, 6.45) is 0. The van der Waals surface area contributed by atoms with Gasteiger partial charge in [0.1, 0.15) is 6.04 Å².